The highest BCUT2D eigenvalue weighted by Gasteiger charge is 2.31. The van der Waals surface area contributed by atoms with Gasteiger partial charge in [0.15, 0.2) is 5.76 Å². The normalized spacial score (nSPS) is 26.0. The summed E-state index contributed by atoms with van der Waals surface area (Å²) >= 11 is 0. The van der Waals surface area contributed by atoms with Crippen LogP contribution in [-0.2, 0) is 11.2 Å². The minimum atomic E-state index is -0.410. The maximum atomic E-state index is 10.4. The molecule has 30 heavy (non-hydrogen) atoms. The Morgan fingerprint density at radius 3 is 2.67 bits per heavy atom. The van der Waals surface area contributed by atoms with Crippen molar-refractivity contribution in [1.82, 2.24) is 15.4 Å². The predicted octanol–water partition coefficient (Wildman–Crippen LogP) is 2.48. The molecule has 4 rings (SSSR count). The number of methoxy groups -OCH3 is 1. The van der Waals surface area contributed by atoms with E-state index in [4.69, 9.17) is 14.0 Å². The van der Waals surface area contributed by atoms with Crippen molar-refractivity contribution in [3.05, 3.63) is 36.0 Å². The van der Waals surface area contributed by atoms with Crippen LogP contribution >= 0.6 is 0 Å². The lowest BCUT2D eigenvalue weighted by molar-refractivity contribution is -0.115. The molecule has 1 aromatic heterocycles. The first-order chi connectivity index (χ1) is 14.6. The molecule has 0 aliphatic carbocycles. The number of nitrogens with one attached hydrogen (secondary N) is 1. The molecule has 0 radical (unpaired) electrons. The van der Waals surface area contributed by atoms with Crippen molar-refractivity contribution in [2.24, 2.45) is 0 Å². The number of ether oxygens (including phenoxy) is 2. The monoisotopic (exact) mass is 415 g/mol. The summed E-state index contributed by atoms with van der Waals surface area (Å²) in [5, 5.41) is 18.2. The van der Waals surface area contributed by atoms with Gasteiger partial charge in [0, 0.05) is 30.6 Å². The SMILES string of the molecule is COc1ccc(-c2cc(C[C@@H]3CC[C@H](O)[C@@H](CNC4CCN(C)CC4)O3)no2)cc1. The van der Waals surface area contributed by atoms with Crippen molar-refractivity contribution >= 4 is 0 Å². The van der Waals surface area contributed by atoms with Crippen LogP contribution in [0.5, 0.6) is 5.75 Å². The Bertz CT molecular complexity index is 786. The zero-order chi connectivity index (χ0) is 20.9. The number of aliphatic hydroxyl groups is 1. The molecular weight excluding hydrogens is 382 g/mol. The molecule has 3 atom stereocenters. The molecule has 2 aliphatic heterocycles. The largest absolute Gasteiger partial charge is 0.497 e. The van der Waals surface area contributed by atoms with Gasteiger partial charge in [0.2, 0.25) is 0 Å². The van der Waals surface area contributed by atoms with Gasteiger partial charge in [0.25, 0.3) is 0 Å². The summed E-state index contributed by atoms with van der Waals surface area (Å²) in [5.41, 5.74) is 1.85. The van der Waals surface area contributed by atoms with E-state index in [-0.39, 0.29) is 12.2 Å². The molecule has 0 saturated carbocycles. The van der Waals surface area contributed by atoms with E-state index in [1.54, 1.807) is 7.11 Å². The number of nitrogens with zero attached hydrogens (tertiary/aromatic N) is 2. The summed E-state index contributed by atoms with van der Waals surface area (Å²) in [5.74, 6) is 1.55. The maximum Gasteiger partial charge on any atom is 0.167 e. The van der Waals surface area contributed by atoms with Gasteiger partial charge in [-0.1, -0.05) is 5.16 Å². The predicted molar refractivity (Wildman–Crippen MR) is 115 cm³/mol. The topological polar surface area (TPSA) is 80.0 Å². The van der Waals surface area contributed by atoms with Crippen LogP contribution in [0.3, 0.4) is 0 Å². The number of aromatic nitrogens is 1. The molecule has 2 saturated heterocycles. The number of rotatable bonds is 7. The summed E-state index contributed by atoms with van der Waals surface area (Å²) in [6.45, 7) is 2.94. The van der Waals surface area contributed by atoms with Crippen molar-refractivity contribution in [3.8, 4) is 17.1 Å². The summed E-state index contributed by atoms with van der Waals surface area (Å²) in [4.78, 5) is 2.36. The fourth-order valence-electron chi connectivity index (χ4n) is 4.31. The molecule has 2 fully saturated rings. The first-order valence-electron chi connectivity index (χ1n) is 11.0. The average molecular weight is 416 g/mol. The van der Waals surface area contributed by atoms with Crippen LogP contribution in [0.15, 0.2) is 34.9 Å². The third kappa shape index (κ3) is 5.40. The fraction of sp³-hybridized carbons (Fsp3) is 0.609. The third-order valence-electron chi connectivity index (χ3n) is 6.28. The molecule has 2 aliphatic rings. The summed E-state index contributed by atoms with van der Waals surface area (Å²) in [7, 11) is 3.82. The fourth-order valence-corrected chi connectivity index (χ4v) is 4.31. The molecule has 0 bridgehead atoms. The molecule has 7 heteroatoms. The maximum absolute atomic E-state index is 10.4. The van der Waals surface area contributed by atoms with Crippen molar-refractivity contribution in [2.45, 2.75) is 56.5 Å². The molecule has 164 valence electrons. The second-order valence-electron chi connectivity index (χ2n) is 8.54. The van der Waals surface area contributed by atoms with Gasteiger partial charge in [-0.2, -0.15) is 0 Å². The summed E-state index contributed by atoms with van der Waals surface area (Å²) in [6.07, 6.45) is 4.04. The highest BCUT2D eigenvalue weighted by atomic mass is 16.5. The van der Waals surface area contributed by atoms with Crippen LogP contribution in [0.4, 0.5) is 0 Å². The van der Waals surface area contributed by atoms with Gasteiger partial charge < -0.3 is 29.3 Å². The summed E-state index contributed by atoms with van der Waals surface area (Å²) < 4.78 is 17.0. The van der Waals surface area contributed by atoms with E-state index >= 15 is 0 Å². The second-order valence-corrected chi connectivity index (χ2v) is 8.54. The molecular formula is C23H33N3O4. The first-order valence-corrected chi connectivity index (χ1v) is 11.0. The number of hydrogen-bond donors (Lipinski definition) is 2. The van der Waals surface area contributed by atoms with Crippen LogP contribution in [0, 0.1) is 0 Å². The number of hydrogen-bond acceptors (Lipinski definition) is 7. The van der Waals surface area contributed by atoms with Gasteiger partial charge in [-0.3, -0.25) is 0 Å². The Kier molecular flexibility index (Phi) is 7.04. The Hall–Kier alpha value is -1.93. The van der Waals surface area contributed by atoms with E-state index in [0.29, 0.717) is 19.0 Å². The van der Waals surface area contributed by atoms with Crippen LogP contribution in [-0.4, -0.2) is 73.3 Å². The molecule has 7 nitrogen and oxygen atoms in total. The molecule has 2 N–H and O–H groups in total. The first kappa shape index (κ1) is 21.3. The molecule has 0 spiro atoms. The highest BCUT2D eigenvalue weighted by molar-refractivity contribution is 5.58. The standard InChI is InChI=1S/C23H33N3O4/c1-26-11-9-17(10-12-26)24-15-23-21(27)8-7-20(29-23)13-18-14-22(30-25-18)16-3-5-19(28-2)6-4-16/h3-6,14,17,20-21,23-24,27H,7-13,15H2,1-2H3/t20-,21-,23+/m0/s1. The van der Waals surface area contributed by atoms with Crippen LogP contribution in [0.2, 0.25) is 0 Å². The lowest BCUT2D eigenvalue weighted by Gasteiger charge is -2.36. The zero-order valence-corrected chi connectivity index (χ0v) is 17.9. The Labute approximate surface area is 178 Å². The van der Waals surface area contributed by atoms with Crippen LogP contribution < -0.4 is 10.1 Å². The Morgan fingerprint density at radius 2 is 1.93 bits per heavy atom. The second kappa shape index (κ2) is 9.92. The van der Waals surface area contributed by atoms with Gasteiger partial charge in [0.1, 0.15) is 5.75 Å². The van der Waals surface area contributed by atoms with E-state index in [1.807, 2.05) is 30.3 Å². The average Bonchev–Trinajstić information content (AvgIpc) is 3.24. The summed E-state index contributed by atoms with van der Waals surface area (Å²) in [6, 6.07) is 10.2. The van der Waals surface area contributed by atoms with Crippen molar-refractivity contribution < 1.29 is 19.1 Å². The van der Waals surface area contributed by atoms with Crippen molar-refractivity contribution in [3.63, 3.8) is 0 Å². The number of benzene rings is 1. The van der Waals surface area contributed by atoms with Gasteiger partial charge in [-0.25, -0.2) is 0 Å². The molecule has 2 aromatic rings. The highest BCUT2D eigenvalue weighted by Crippen LogP contribution is 2.26. The third-order valence-corrected chi connectivity index (χ3v) is 6.28. The molecule has 0 unspecified atom stereocenters. The molecule has 3 heterocycles. The number of piperidine rings is 1. The smallest absolute Gasteiger partial charge is 0.167 e. The minimum Gasteiger partial charge on any atom is -0.497 e. The quantitative estimate of drug-likeness (QED) is 0.719. The van der Waals surface area contributed by atoms with Crippen molar-refractivity contribution in [2.75, 3.05) is 33.8 Å². The van der Waals surface area contributed by atoms with E-state index in [0.717, 1.165) is 61.5 Å². The van der Waals surface area contributed by atoms with Gasteiger partial charge in [0.05, 0.1) is 31.1 Å². The van der Waals surface area contributed by atoms with Crippen LogP contribution in [0.25, 0.3) is 11.3 Å². The molecule has 0 amide bonds. The van der Waals surface area contributed by atoms with Crippen LogP contribution in [0.1, 0.15) is 31.4 Å². The van der Waals surface area contributed by atoms with Gasteiger partial charge >= 0.3 is 0 Å². The van der Waals surface area contributed by atoms with E-state index in [1.165, 1.54) is 0 Å². The Balaban J connectivity index is 1.29. The lowest BCUT2D eigenvalue weighted by Crippen LogP contribution is -2.49. The zero-order valence-electron chi connectivity index (χ0n) is 17.9. The van der Waals surface area contributed by atoms with E-state index in [9.17, 15) is 5.11 Å². The van der Waals surface area contributed by atoms with Gasteiger partial charge in [-0.15, -0.1) is 0 Å². The van der Waals surface area contributed by atoms with Crippen molar-refractivity contribution in [1.29, 1.82) is 0 Å². The number of aliphatic hydroxyl groups excluding tert-OH is 1. The minimum absolute atomic E-state index is 0.0477. The molecule has 1 aromatic carbocycles. The number of likely N-dealkylation sites (tertiary alicyclic amines) is 1. The lowest BCUT2D eigenvalue weighted by atomic mass is 9.97. The van der Waals surface area contributed by atoms with E-state index < -0.39 is 6.10 Å². The Morgan fingerprint density at radius 1 is 1.17 bits per heavy atom. The van der Waals surface area contributed by atoms with E-state index in [2.05, 4.69) is 22.4 Å². The van der Waals surface area contributed by atoms with Gasteiger partial charge in [-0.05, 0) is 70.1 Å².